The average Bonchev–Trinajstić information content (AvgIpc) is 3.28. The molecule has 2 aromatic rings. The van der Waals surface area contributed by atoms with E-state index in [2.05, 4.69) is 20.3 Å². The van der Waals surface area contributed by atoms with Gasteiger partial charge in [0, 0.05) is 13.6 Å². The lowest BCUT2D eigenvalue weighted by Crippen LogP contribution is -2.37. The van der Waals surface area contributed by atoms with Gasteiger partial charge in [-0.2, -0.15) is 0 Å². The van der Waals surface area contributed by atoms with Gasteiger partial charge >= 0.3 is 6.09 Å². The van der Waals surface area contributed by atoms with Gasteiger partial charge in [-0.1, -0.05) is 6.92 Å². The number of nitrogens with one attached hydrogen (secondary N) is 2. The van der Waals surface area contributed by atoms with E-state index in [-0.39, 0.29) is 24.2 Å². The van der Waals surface area contributed by atoms with Gasteiger partial charge in [-0.05, 0) is 27.2 Å². The molecule has 0 unspecified atom stereocenters. The summed E-state index contributed by atoms with van der Waals surface area (Å²) in [6.45, 7) is 8.32. The zero-order valence-corrected chi connectivity index (χ0v) is 18.4. The predicted molar refractivity (Wildman–Crippen MR) is 110 cm³/mol. The molecule has 0 radical (unpaired) electrons. The Morgan fingerprint density at radius 3 is 2.66 bits per heavy atom. The fraction of sp³-hybridized carbons (Fsp3) is 0.556. The molecule has 2 heterocycles. The van der Waals surface area contributed by atoms with Crippen LogP contribution in [0.2, 0.25) is 0 Å². The number of nitrogens with zero attached hydrogens (tertiary/aromatic N) is 4. The Bertz CT molecular complexity index is 828. The molecule has 0 saturated heterocycles. The van der Waals surface area contributed by atoms with Crippen molar-refractivity contribution in [3.05, 3.63) is 23.2 Å². The third-order valence-electron chi connectivity index (χ3n) is 3.69. The van der Waals surface area contributed by atoms with Gasteiger partial charge in [-0.3, -0.25) is 9.63 Å². The standard InChI is InChI=1S/C18H28N6O4S/c1-7-8-24(17(26)28-18(2,3)4)10-13-19-9-12(21-13)22-15-14(20-11-29-15)16(25)23(5)27-6/h9,11,22H,7-8,10H2,1-6H3,(H,19,21). The van der Waals surface area contributed by atoms with Crippen LogP contribution in [0.4, 0.5) is 15.6 Å². The SMILES string of the molecule is CCCN(Cc1ncc(Nc2scnc2C(=O)N(C)OC)[nH]1)C(=O)OC(C)(C)C. The van der Waals surface area contributed by atoms with Crippen LogP contribution in [0.5, 0.6) is 0 Å². The van der Waals surface area contributed by atoms with Crippen molar-refractivity contribution in [1.29, 1.82) is 0 Å². The predicted octanol–water partition coefficient (Wildman–Crippen LogP) is 3.39. The molecule has 0 aliphatic heterocycles. The highest BCUT2D eigenvalue weighted by molar-refractivity contribution is 7.14. The van der Waals surface area contributed by atoms with E-state index in [1.165, 1.54) is 25.5 Å². The number of imidazole rings is 1. The summed E-state index contributed by atoms with van der Waals surface area (Å²) < 4.78 is 5.46. The molecule has 2 amide bonds. The number of rotatable bonds is 8. The fourth-order valence-corrected chi connectivity index (χ4v) is 3.04. The highest BCUT2D eigenvalue weighted by Crippen LogP contribution is 2.25. The smallest absolute Gasteiger partial charge is 0.410 e. The quantitative estimate of drug-likeness (QED) is 0.625. The maximum Gasteiger partial charge on any atom is 0.410 e. The summed E-state index contributed by atoms with van der Waals surface area (Å²) >= 11 is 1.29. The number of thiazole rings is 1. The first-order chi connectivity index (χ1) is 13.6. The minimum Gasteiger partial charge on any atom is -0.444 e. The number of hydroxylamine groups is 2. The number of aromatic nitrogens is 3. The molecule has 11 heteroatoms. The number of ether oxygens (including phenoxy) is 1. The molecule has 0 bridgehead atoms. The van der Waals surface area contributed by atoms with Crippen LogP contribution < -0.4 is 5.32 Å². The molecule has 0 atom stereocenters. The molecule has 29 heavy (non-hydrogen) atoms. The van der Waals surface area contributed by atoms with Crippen molar-refractivity contribution in [2.45, 2.75) is 46.3 Å². The van der Waals surface area contributed by atoms with E-state index in [0.29, 0.717) is 23.2 Å². The molecule has 2 aromatic heterocycles. The summed E-state index contributed by atoms with van der Waals surface area (Å²) in [6, 6.07) is 0. The Labute approximate surface area is 174 Å². The summed E-state index contributed by atoms with van der Waals surface area (Å²) in [4.78, 5) is 42.8. The van der Waals surface area contributed by atoms with E-state index in [1.807, 2.05) is 27.7 Å². The normalized spacial score (nSPS) is 11.2. The Balaban J connectivity index is 2.08. The number of hydrogen-bond donors (Lipinski definition) is 2. The Kier molecular flexibility index (Phi) is 7.57. The molecule has 160 valence electrons. The molecule has 2 N–H and O–H groups in total. The zero-order chi connectivity index (χ0) is 21.6. The van der Waals surface area contributed by atoms with E-state index >= 15 is 0 Å². The first-order valence-corrected chi connectivity index (χ1v) is 10.1. The molecular weight excluding hydrogens is 396 g/mol. The van der Waals surface area contributed by atoms with E-state index < -0.39 is 5.60 Å². The van der Waals surface area contributed by atoms with Crippen LogP contribution >= 0.6 is 11.3 Å². The van der Waals surface area contributed by atoms with Gasteiger partial charge in [-0.15, -0.1) is 11.3 Å². The monoisotopic (exact) mass is 424 g/mol. The van der Waals surface area contributed by atoms with Crippen LogP contribution in [0.1, 0.15) is 50.4 Å². The van der Waals surface area contributed by atoms with Crippen LogP contribution in [0, 0.1) is 0 Å². The average molecular weight is 425 g/mol. The maximum absolute atomic E-state index is 12.4. The number of amides is 2. The Morgan fingerprint density at radius 2 is 2.03 bits per heavy atom. The van der Waals surface area contributed by atoms with Crippen molar-refractivity contribution in [3.63, 3.8) is 0 Å². The largest absolute Gasteiger partial charge is 0.444 e. The van der Waals surface area contributed by atoms with E-state index in [1.54, 1.807) is 16.6 Å². The lowest BCUT2D eigenvalue weighted by atomic mass is 10.2. The second kappa shape index (κ2) is 9.70. The summed E-state index contributed by atoms with van der Waals surface area (Å²) in [5, 5.41) is 4.77. The van der Waals surface area contributed by atoms with Crippen molar-refractivity contribution < 1.29 is 19.2 Å². The van der Waals surface area contributed by atoms with Crippen LogP contribution in [0.15, 0.2) is 11.7 Å². The minimum absolute atomic E-state index is 0.247. The highest BCUT2D eigenvalue weighted by atomic mass is 32.1. The summed E-state index contributed by atoms with van der Waals surface area (Å²) in [7, 11) is 2.92. The van der Waals surface area contributed by atoms with Crippen molar-refractivity contribution in [2.24, 2.45) is 0 Å². The molecule has 0 fully saturated rings. The van der Waals surface area contributed by atoms with Crippen LogP contribution in [0.25, 0.3) is 0 Å². The summed E-state index contributed by atoms with van der Waals surface area (Å²) in [5.74, 6) is 0.812. The molecular formula is C18H28N6O4S. The van der Waals surface area contributed by atoms with E-state index in [9.17, 15) is 9.59 Å². The van der Waals surface area contributed by atoms with Gasteiger partial charge in [0.2, 0.25) is 0 Å². The number of hydrogen-bond acceptors (Lipinski definition) is 8. The number of carbonyl (C=O) groups excluding carboxylic acids is 2. The second-order valence-corrected chi connectivity index (χ2v) is 8.14. The third-order valence-corrected chi connectivity index (χ3v) is 4.43. The molecule has 0 spiro atoms. The van der Waals surface area contributed by atoms with Crippen LogP contribution in [-0.4, -0.2) is 63.2 Å². The maximum atomic E-state index is 12.4. The fourth-order valence-electron chi connectivity index (χ4n) is 2.36. The molecule has 10 nitrogen and oxygen atoms in total. The van der Waals surface area contributed by atoms with Crippen LogP contribution in [0.3, 0.4) is 0 Å². The number of anilines is 2. The number of H-pyrrole nitrogens is 1. The summed E-state index contributed by atoms with van der Waals surface area (Å²) in [6.07, 6.45) is 2.01. The molecule has 2 rings (SSSR count). The number of aromatic amines is 1. The molecule has 0 saturated carbocycles. The number of carbonyl (C=O) groups is 2. The lowest BCUT2D eigenvalue weighted by Gasteiger charge is -2.26. The van der Waals surface area contributed by atoms with Gasteiger partial charge in [0.1, 0.15) is 22.2 Å². The van der Waals surface area contributed by atoms with Crippen molar-refractivity contribution in [1.82, 2.24) is 24.9 Å². The van der Waals surface area contributed by atoms with Crippen molar-refractivity contribution in [2.75, 3.05) is 26.0 Å². The second-order valence-electron chi connectivity index (χ2n) is 7.29. The zero-order valence-electron chi connectivity index (χ0n) is 17.6. The first-order valence-electron chi connectivity index (χ1n) is 9.19. The highest BCUT2D eigenvalue weighted by Gasteiger charge is 2.23. The van der Waals surface area contributed by atoms with E-state index in [4.69, 9.17) is 9.57 Å². The molecule has 0 aromatic carbocycles. The van der Waals surface area contributed by atoms with Gasteiger partial charge < -0.3 is 19.9 Å². The van der Waals surface area contributed by atoms with Crippen molar-refractivity contribution >= 4 is 34.2 Å². The van der Waals surface area contributed by atoms with Gasteiger partial charge in [0.25, 0.3) is 5.91 Å². The topological polar surface area (TPSA) is 113 Å². The van der Waals surface area contributed by atoms with Crippen LogP contribution in [-0.2, 0) is 16.1 Å². The Morgan fingerprint density at radius 1 is 1.31 bits per heavy atom. The lowest BCUT2D eigenvalue weighted by molar-refractivity contribution is -0.0759. The molecule has 0 aliphatic rings. The van der Waals surface area contributed by atoms with Gasteiger partial charge in [0.05, 0.1) is 25.4 Å². The third kappa shape index (κ3) is 6.43. The first kappa shape index (κ1) is 22.6. The Hall–Kier alpha value is -2.66. The van der Waals surface area contributed by atoms with Crippen molar-refractivity contribution in [3.8, 4) is 0 Å². The minimum atomic E-state index is -0.566. The van der Waals surface area contributed by atoms with Gasteiger partial charge in [-0.25, -0.2) is 19.8 Å². The van der Waals surface area contributed by atoms with E-state index in [0.717, 1.165) is 11.5 Å². The van der Waals surface area contributed by atoms with Gasteiger partial charge in [0.15, 0.2) is 5.69 Å². The molecule has 0 aliphatic carbocycles. The summed E-state index contributed by atoms with van der Waals surface area (Å²) in [5.41, 5.74) is 1.25.